The largest absolute Gasteiger partial charge is 0.351 e. The van der Waals surface area contributed by atoms with Crippen LogP contribution >= 0.6 is 0 Å². The molecule has 2 aromatic rings. The zero-order valence-corrected chi connectivity index (χ0v) is 19.0. The monoisotopic (exact) mass is 434 g/mol. The Labute approximate surface area is 191 Å². The van der Waals surface area contributed by atoms with Gasteiger partial charge in [0.1, 0.15) is 0 Å². The molecule has 1 atom stereocenters. The summed E-state index contributed by atoms with van der Waals surface area (Å²) in [6.45, 7) is 4.66. The highest BCUT2D eigenvalue weighted by molar-refractivity contribution is 5.79. The molecule has 0 aromatic heterocycles. The summed E-state index contributed by atoms with van der Waals surface area (Å²) in [6.07, 6.45) is 3.27. The average molecular weight is 435 g/mol. The SMILES string of the molecule is CN(C(=O)CN1CCN(CC(=O)NCc2ccccc2)CC1)C1CCCc2ccccc21. The summed E-state index contributed by atoms with van der Waals surface area (Å²) in [6, 6.07) is 18.7. The standard InChI is InChI=1S/C26H34N4O2/c1-28(24-13-7-11-22-10-5-6-12-23(22)24)26(32)20-30-16-14-29(15-17-30)19-25(31)27-18-21-8-3-2-4-9-21/h2-6,8-10,12,24H,7,11,13-20H2,1H3,(H,27,31). The van der Waals surface area contributed by atoms with Crippen molar-refractivity contribution in [3.05, 3.63) is 71.3 Å². The zero-order chi connectivity index (χ0) is 22.3. The second-order valence-electron chi connectivity index (χ2n) is 8.93. The van der Waals surface area contributed by atoms with Crippen molar-refractivity contribution in [3.8, 4) is 0 Å². The molecular weight excluding hydrogens is 400 g/mol. The van der Waals surface area contributed by atoms with Gasteiger partial charge in [-0.05, 0) is 36.0 Å². The van der Waals surface area contributed by atoms with Crippen molar-refractivity contribution in [1.82, 2.24) is 20.0 Å². The highest BCUT2D eigenvalue weighted by Crippen LogP contribution is 2.33. The molecule has 2 aromatic carbocycles. The first-order valence-corrected chi connectivity index (χ1v) is 11.7. The summed E-state index contributed by atoms with van der Waals surface area (Å²) in [5.41, 5.74) is 3.79. The number of hydrogen-bond donors (Lipinski definition) is 1. The van der Waals surface area contributed by atoms with Gasteiger partial charge in [0.25, 0.3) is 0 Å². The minimum absolute atomic E-state index is 0.0501. The molecule has 1 aliphatic carbocycles. The van der Waals surface area contributed by atoms with E-state index < -0.39 is 0 Å². The van der Waals surface area contributed by atoms with Crippen LogP contribution in [0.5, 0.6) is 0 Å². The third-order valence-electron chi connectivity index (χ3n) is 6.72. The molecule has 0 spiro atoms. The van der Waals surface area contributed by atoms with Gasteiger partial charge < -0.3 is 10.2 Å². The number of piperazine rings is 1. The van der Waals surface area contributed by atoms with E-state index in [9.17, 15) is 9.59 Å². The van der Waals surface area contributed by atoms with Crippen molar-refractivity contribution in [1.29, 1.82) is 0 Å². The second-order valence-corrected chi connectivity index (χ2v) is 8.93. The Morgan fingerprint density at radius 1 is 0.938 bits per heavy atom. The van der Waals surface area contributed by atoms with E-state index in [0.29, 0.717) is 19.6 Å². The molecule has 1 aliphatic heterocycles. The van der Waals surface area contributed by atoms with Crippen molar-refractivity contribution in [2.24, 2.45) is 0 Å². The maximum atomic E-state index is 13.0. The molecule has 1 unspecified atom stereocenters. The van der Waals surface area contributed by atoms with Crippen LogP contribution in [-0.4, -0.2) is 72.8 Å². The van der Waals surface area contributed by atoms with Crippen LogP contribution in [0.25, 0.3) is 0 Å². The molecule has 0 bridgehead atoms. The number of likely N-dealkylation sites (N-methyl/N-ethyl adjacent to an activating group) is 1. The fraction of sp³-hybridized carbons (Fsp3) is 0.462. The Morgan fingerprint density at radius 3 is 2.34 bits per heavy atom. The average Bonchev–Trinajstić information content (AvgIpc) is 2.84. The fourth-order valence-electron chi connectivity index (χ4n) is 4.77. The van der Waals surface area contributed by atoms with E-state index in [-0.39, 0.29) is 17.9 Å². The van der Waals surface area contributed by atoms with Gasteiger partial charge in [-0.1, -0.05) is 54.6 Å². The summed E-state index contributed by atoms with van der Waals surface area (Å²) in [7, 11) is 1.95. The Hall–Kier alpha value is -2.70. The summed E-state index contributed by atoms with van der Waals surface area (Å²) >= 11 is 0. The maximum Gasteiger partial charge on any atom is 0.237 e. The molecule has 170 valence electrons. The highest BCUT2D eigenvalue weighted by atomic mass is 16.2. The van der Waals surface area contributed by atoms with Crippen LogP contribution in [0, 0.1) is 0 Å². The van der Waals surface area contributed by atoms with Crippen molar-refractivity contribution in [2.75, 3.05) is 46.3 Å². The molecule has 32 heavy (non-hydrogen) atoms. The van der Waals surface area contributed by atoms with E-state index in [2.05, 4.69) is 39.4 Å². The lowest BCUT2D eigenvalue weighted by atomic mass is 9.87. The summed E-state index contributed by atoms with van der Waals surface area (Å²) in [5, 5.41) is 2.99. The number of carbonyl (C=O) groups excluding carboxylic acids is 2. The van der Waals surface area contributed by atoms with Crippen LogP contribution in [0.4, 0.5) is 0 Å². The lowest BCUT2D eigenvalue weighted by molar-refractivity contribution is -0.134. The van der Waals surface area contributed by atoms with Crippen molar-refractivity contribution in [2.45, 2.75) is 31.8 Å². The van der Waals surface area contributed by atoms with Crippen LogP contribution in [0.1, 0.15) is 35.6 Å². The third-order valence-corrected chi connectivity index (χ3v) is 6.72. The van der Waals surface area contributed by atoms with Crippen LogP contribution in [0.15, 0.2) is 54.6 Å². The Morgan fingerprint density at radius 2 is 1.59 bits per heavy atom. The molecule has 1 fully saturated rings. The molecule has 6 heteroatoms. The number of rotatable bonds is 7. The minimum atomic E-state index is 0.0501. The Kier molecular flexibility index (Phi) is 7.55. The molecule has 1 N–H and O–H groups in total. The molecule has 6 nitrogen and oxygen atoms in total. The zero-order valence-electron chi connectivity index (χ0n) is 19.0. The van der Waals surface area contributed by atoms with Crippen molar-refractivity contribution < 1.29 is 9.59 Å². The van der Waals surface area contributed by atoms with Gasteiger partial charge >= 0.3 is 0 Å². The van der Waals surface area contributed by atoms with Gasteiger partial charge in [0.05, 0.1) is 19.1 Å². The highest BCUT2D eigenvalue weighted by Gasteiger charge is 2.28. The molecule has 0 saturated carbocycles. The number of aryl methyl sites for hydroxylation is 1. The summed E-state index contributed by atoms with van der Waals surface area (Å²) in [4.78, 5) is 31.6. The molecule has 1 saturated heterocycles. The number of fused-ring (bicyclic) bond motifs is 1. The topological polar surface area (TPSA) is 55.9 Å². The van der Waals surface area contributed by atoms with Gasteiger partial charge in [-0.3, -0.25) is 19.4 Å². The maximum absolute atomic E-state index is 13.0. The van der Waals surface area contributed by atoms with Crippen molar-refractivity contribution >= 4 is 11.8 Å². The van der Waals surface area contributed by atoms with Crippen LogP contribution in [0.2, 0.25) is 0 Å². The number of carbonyl (C=O) groups is 2. The quantitative estimate of drug-likeness (QED) is 0.727. The number of nitrogens with one attached hydrogen (secondary N) is 1. The first-order valence-electron chi connectivity index (χ1n) is 11.7. The van der Waals surface area contributed by atoms with E-state index in [1.807, 2.05) is 42.3 Å². The molecule has 1 heterocycles. The molecule has 4 rings (SSSR count). The normalized spacial score (nSPS) is 19.2. The van der Waals surface area contributed by atoms with Gasteiger partial charge in [-0.25, -0.2) is 0 Å². The molecule has 0 radical (unpaired) electrons. The summed E-state index contributed by atoms with van der Waals surface area (Å²) in [5.74, 6) is 0.231. The van der Waals surface area contributed by atoms with Crippen molar-refractivity contribution in [3.63, 3.8) is 0 Å². The van der Waals surface area contributed by atoms with E-state index in [1.165, 1.54) is 11.1 Å². The van der Waals surface area contributed by atoms with Gasteiger partial charge in [0.2, 0.25) is 11.8 Å². The third kappa shape index (κ3) is 5.75. The lowest BCUT2D eigenvalue weighted by Gasteiger charge is -2.37. The van der Waals surface area contributed by atoms with Gasteiger partial charge in [-0.15, -0.1) is 0 Å². The molecule has 2 amide bonds. The Bertz CT molecular complexity index is 909. The fourth-order valence-corrected chi connectivity index (χ4v) is 4.77. The lowest BCUT2D eigenvalue weighted by Crippen LogP contribution is -2.51. The molecule has 2 aliphatic rings. The van der Waals surface area contributed by atoms with Gasteiger partial charge in [0.15, 0.2) is 0 Å². The van der Waals surface area contributed by atoms with E-state index in [1.54, 1.807) is 0 Å². The van der Waals surface area contributed by atoms with Crippen LogP contribution in [-0.2, 0) is 22.6 Å². The Balaban J connectivity index is 1.20. The smallest absolute Gasteiger partial charge is 0.237 e. The predicted octanol–water partition coefficient (Wildman–Crippen LogP) is 2.46. The predicted molar refractivity (Wildman–Crippen MR) is 126 cm³/mol. The second kappa shape index (κ2) is 10.7. The van der Waals surface area contributed by atoms with E-state index in [0.717, 1.165) is 51.0 Å². The van der Waals surface area contributed by atoms with E-state index in [4.69, 9.17) is 0 Å². The number of hydrogen-bond acceptors (Lipinski definition) is 4. The number of benzene rings is 2. The van der Waals surface area contributed by atoms with Gasteiger partial charge in [0, 0.05) is 39.8 Å². The van der Waals surface area contributed by atoms with Crippen LogP contribution in [0.3, 0.4) is 0 Å². The number of nitrogens with zero attached hydrogens (tertiary/aromatic N) is 3. The van der Waals surface area contributed by atoms with Crippen LogP contribution < -0.4 is 5.32 Å². The van der Waals surface area contributed by atoms with E-state index >= 15 is 0 Å². The number of amides is 2. The first-order chi connectivity index (χ1) is 15.6. The molecular formula is C26H34N4O2. The first kappa shape index (κ1) is 22.5. The van der Waals surface area contributed by atoms with Gasteiger partial charge in [-0.2, -0.15) is 0 Å². The minimum Gasteiger partial charge on any atom is -0.351 e. The summed E-state index contributed by atoms with van der Waals surface area (Å²) < 4.78 is 0.